The average Bonchev–Trinajstić information content (AvgIpc) is 2.93. The van der Waals surface area contributed by atoms with Crippen molar-refractivity contribution in [1.29, 1.82) is 0 Å². The Kier molecular flexibility index (Phi) is 5.16. The number of methoxy groups -OCH3 is 2. The highest BCUT2D eigenvalue weighted by molar-refractivity contribution is 7.09. The van der Waals surface area contributed by atoms with Gasteiger partial charge in [-0.15, -0.1) is 11.3 Å². The van der Waals surface area contributed by atoms with E-state index < -0.39 is 0 Å². The molecule has 0 amide bonds. The van der Waals surface area contributed by atoms with E-state index in [4.69, 9.17) is 20.1 Å². The quantitative estimate of drug-likeness (QED) is 0.789. The molecule has 2 N–H and O–H groups in total. The summed E-state index contributed by atoms with van der Waals surface area (Å²) in [6, 6.07) is 5.37. The van der Waals surface area contributed by atoms with Gasteiger partial charge in [0, 0.05) is 23.6 Å². The van der Waals surface area contributed by atoms with Crippen molar-refractivity contribution >= 4 is 11.3 Å². The summed E-state index contributed by atoms with van der Waals surface area (Å²) in [4.78, 5) is 8.86. The number of nitrogens with two attached hydrogens (primary N) is 1. The van der Waals surface area contributed by atoms with E-state index in [-0.39, 0.29) is 0 Å². The second kappa shape index (κ2) is 7.09. The summed E-state index contributed by atoms with van der Waals surface area (Å²) in [7, 11) is 3.19. The topological polar surface area (TPSA) is 75.8 Å². The van der Waals surface area contributed by atoms with E-state index in [0.717, 1.165) is 10.7 Å². The molecule has 0 saturated heterocycles. The highest BCUT2D eigenvalue weighted by Crippen LogP contribution is 2.28. The van der Waals surface area contributed by atoms with Gasteiger partial charge in [0.1, 0.15) is 35.5 Å². The van der Waals surface area contributed by atoms with Crippen molar-refractivity contribution in [1.82, 2.24) is 4.98 Å². The van der Waals surface area contributed by atoms with Crippen molar-refractivity contribution in [2.75, 3.05) is 14.2 Å². The normalized spacial score (nSPS) is 10.3. The van der Waals surface area contributed by atoms with E-state index in [2.05, 4.69) is 9.82 Å². The number of hydrogen-bond acceptors (Lipinski definition) is 7. The number of rotatable bonds is 7. The predicted molar refractivity (Wildman–Crippen MR) is 75.0 cm³/mol. The first-order chi connectivity index (χ1) is 9.75. The zero-order valence-electron chi connectivity index (χ0n) is 11.3. The maximum absolute atomic E-state index is 5.68. The third-order valence-corrected chi connectivity index (χ3v) is 3.39. The first-order valence-electron chi connectivity index (χ1n) is 5.86. The lowest BCUT2D eigenvalue weighted by Crippen LogP contribution is -2.00. The Balaban J connectivity index is 2.02. The molecule has 0 bridgehead atoms. The Hall–Kier alpha value is -1.83. The van der Waals surface area contributed by atoms with Gasteiger partial charge in [0.05, 0.1) is 19.9 Å². The monoisotopic (exact) mass is 296 g/mol. The predicted octanol–water partition coefficient (Wildman–Crippen LogP) is 2.13. The Labute approximate surface area is 121 Å². The van der Waals surface area contributed by atoms with Crippen LogP contribution in [0.4, 0.5) is 0 Å². The van der Waals surface area contributed by atoms with Crippen molar-refractivity contribution in [3.8, 4) is 17.2 Å². The van der Waals surface area contributed by atoms with Crippen molar-refractivity contribution < 1.29 is 19.0 Å². The largest absolute Gasteiger partial charge is 0.496 e. The Morgan fingerprint density at radius 1 is 1.05 bits per heavy atom. The molecular weight excluding hydrogens is 280 g/mol. The van der Waals surface area contributed by atoms with Crippen LogP contribution in [0.5, 0.6) is 17.2 Å². The molecule has 0 aliphatic carbocycles. The van der Waals surface area contributed by atoms with Gasteiger partial charge < -0.3 is 14.2 Å². The van der Waals surface area contributed by atoms with Crippen molar-refractivity contribution in [2.24, 2.45) is 5.90 Å². The van der Waals surface area contributed by atoms with Crippen LogP contribution in [0.25, 0.3) is 0 Å². The van der Waals surface area contributed by atoms with Gasteiger partial charge in [-0.1, -0.05) is 0 Å². The van der Waals surface area contributed by atoms with Crippen molar-refractivity contribution in [3.05, 3.63) is 34.3 Å². The van der Waals surface area contributed by atoms with Gasteiger partial charge in [-0.3, -0.25) is 4.84 Å². The van der Waals surface area contributed by atoms with Crippen LogP contribution < -0.4 is 20.1 Å². The van der Waals surface area contributed by atoms with Gasteiger partial charge in [-0.25, -0.2) is 10.9 Å². The van der Waals surface area contributed by atoms with E-state index in [1.54, 1.807) is 32.4 Å². The highest BCUT2D eigenvalue weighted by Gasteiger charge is 2.06. The molecule has 0 unspecified atom stereocenters. The zero-order valence-corrected chi connectivity index (χ0v) is 12.1. The minimum atomic E-state index is 0.295. The van der Waals surface area contributed by atoms with Gasteiger partial charge in [0.15, 0.2) is 0 Å². The number of benzene rings is 1. The Bertz CT molecular complexity index is 537. The molecule has 2 aromatic rings. The number of aromatic nitrogens is 1. The minimum Gasteiger partial charge on any atom is -0.496 e. The first kappa shape index (κ1) is 14.6. The molecule has 0 aliphatic heterocycles. The standard InChI is InChI=1S/C13H16N2O4S/c1-16-10-3-11(17-2)5-12(4-10)18-7-13-15-9(6-19-14)8-20-13/h3-5,8H,6-7,14H2,1-2H3. The number of hydrogen-bond donors (Lipinski definition) is 1. The molecule has 1 aromatic carbocycles. The fraction of sp³-hybridized carbons (Fsp3) is 0.308. The van der Waals surface area contributed by atoms with Crippen LogP contribution in [0.3, 0.4) is 0 Å². The molecule has 1 heterocycles. The summed E-state index contributed by atoms with van der Waals surface area (Å²) < 4.78 is 16.0. The van der Waals surface area contributed by atoms with Gasteiger partial charge in [-0.05, 0) is 0 Å². The van der Waals surface area contributed by atoms with Crippen LogP contribution in [0, 0.1) is 0 Å². The van der Waals surface area contributed by atoms with Gasteiger partial charge in [0.2, 0.25) is 0 Å². The summed E-state index contributed by atoms with van der Waals surface area (Å²) in [5.74, 6) is 7.02. The molecule has 1 aromatic heterocycles. The number of thiazole rings is 1. The maximum atomic E-state index is 5.68. The molecule has 0 fully saturated rings. The van der Waals surface area contributed by atoms with E-state index in [1.807, 2.05) is 5.38 Å². The van der Waals surface area contributed by atoms with Crippen molar-refractivity contribution in [3.63, 3.8) is 0 Å². The molecule has 0 saturated carbocycles. The van der Waals surface area contributed by atoms with E-state index in [0.29, 0.717) is 30.5 Å². The van der Waals surface area contributed by atoms with Crippen LogP contribution in [-0.4, -0.2) is 19.2 Å². The second-order valence-electron chi connectivity index (χ2n) is 3.88. The molecule has 108 valence electrons. The third kappa shape index (κ3) is 3.83. The molecule has 7 heteroatoms. The zero-order chi connectivity index (χ0) is 14.4. The molecule has 0 atom stereocenters. The summed E-state index contributed by atoms with van der Waals surface area (Å²) in [5, 5.41) is 2.73. The lowest BCUT2D eigenvalue weighted by molar-refractivity contribution is 0.121. The summed E-state index contributed by atoms with van der Waals surface area (Å²) in [5.41, 5.74) is 0.791. The first-order valence-corrected chi connectivity index (χ1v) is 6.74. The van der Waals surface area contributed by atoms with E-state index in [9.17, 15) is 0 Å². The minimum absolute atomic E-state index is 0.295. The van der Waals surface area contributed by atoms with Crippen LogP contribution in [0.1, 0.15) is 10.7 Å². The van der Waals surface area contributed by atoms with Crippen LogP contribution in [-0.2, 0) is 18.1 Å². The molecule has 0 spiro atoms. The van der Waals surface area contributed by atoms with Crippen molar-refractivity contribution in [2.45, 2.75) is 13.2 Å². The third-order valence-electron chi connectivity index (χ3n) is 2.52. The van der Waals surface area contributed by atoms with Gasteiger partial charge in [-0.2, -0.15) is 0 Å². The molecular formula is C13H16N2O4S. The average molecular weight is 296 g/mol. The van der Waals surface area contributed by atoms with Crippen LogP contribution in [0.15, 0.2) is 23.6 Å². The lowest BCUT2D eigenvalue weighted by Gasteiger charge is -2.09. The van der Waals surface area contributed by atoms with E-state index in [1.165, 1.54) is 11.3 Å². The summed E-state index contributed by atoms with van der Waals surface area (Å²) in [6.07, 6.45) is 0. The lowest BCUT2D eigenvalue weighted by atomic mass is 10.3. The Morgan fingerprint density at radius 3 is 2.30 bits per heavy atom. The van der Waals surface area contributed by atoms with Gasteiger partial charge in [0.25, 0.3) is 0 Å². The second-order valence-corrected chi connectivity index (χ2v) is 4.82. The highest BCUT2D eigenvalue weighted by atomic mass is 32.1. The molecule has 2 rings (SSSR count). The molecule has 6 nitrogen and oxygen atoms in total. The smallest absolute Gasteiger partial charge is 0.140 e. The fourth-order valence-corrected chi connectivity index (χ4v) is 2.27. The van der Waals surface area contributed by atoms with Crippen LogP contribution >= 0.6 is 11.3 Å². The summed E-state index contributed by atoms with van der Waals surface area (Å²) in [6.45, 7) is 0.662. The molecule has 0 radical (unpaired) electrons. The Morgan fingerprint density at radius 2 is 1.70 bits per heavy atom. The van der Waals surface area contributed by atoms with Gasteiger partial charge >= 0.3 is 0 Å². The fourth-order valence-electron chi connectivity index (χ4n) is 1.58. The SMILES string of the molecule is COc1cc(OC)cc(OCc2nc(CON)cs2)c1. The van der Waals surface area contributed by atoms with E-state index >= 15 is 0 Å². The summed E-state index contributed by atoms with van der Waals surface area (Å²) >= 11 is 1.49. The number of ether oxygens (including phenoxy) is 3. The molecule has 0 aliphatic rings. The number of nitrogens with zero attached hydrogens (tertiary/aromatic N) is 1. The molecule has 20 heavy (non-hydrogen) atoms. The van der Waals surface area contributed by atoms with Crippen LogP contribution in [0.2, 0.25) is 0 Å². The maximum Gasteiger partial charge on any atom is 0.140 e.